The van der Waals surface area contributed by atoms with Gasteiger partial charge in [-0.2, -0.15) is 0 Å². The van der Waals surface area contributed by atoms with E-state index in [9.17, 15) is 19.2 Å². The highest BCUT2D eigenvalue weighted by Gasteiger charge is 2.43. The molecular formula is C35H37N5O4. The SMILES string of the molecule is CC1CC2C(=O)NC(Cc3ccccc3)C(=O)NC(Cc3c[nH]c4ccccc34)C(=O)NC(Cc3ccccc3)C(=O)N2C1. The summed E-state index contributed by atoms with van der Waals surface area (Å²) in [5.74, 6) is -1.48. The summed E-state index contributed by atoms with van der Waals surface area (Å²) in [4.78, 5) is 60.8. The average Bonchev–Trinajstić information content (AvgIpc) is 3.63. The standard InChI is InChI=1S/C35H37N5O4/c1-22-16-31-34(43)38-28(17-23-10-4-2-5-11-23)32(41)37-29(19-25-20-36-27-15-9-8-14-26(25)27)33(42)39-30(35(44)40(31)21-22)18-24-12-6-3-7-13-24/h2-15,20,22,28-31,36H,16-19,21H2,1H3,(H,37,41)(H,38,43)(H,39,42). The average molecular weight is 592 g/mol. The maximum absolute atomic E-state index is 14.2. The van der Waals surface area contributed by atoms with Gasteiger partial charge in [0.2, 0.25) is 23.6 Å². The Morgan fingerprint density at radius 2 is 1.20 bits per heavy atom. The van der Waals surface area contributed by atoms with Crippen molar-refractivity contribution in [3.05, 3.63) is 108 Å². The van der Waals surface area contributed by atoms with E-state index in [-0.39, 0.29) is 37.0 Å². The van der Waals surface area contributed by atoms with Gasteiger partial charge in [-0.25, -0.2) is 0 Å². The predicted octanol–water partition coefficient (Wildman–Crippen LogP) is 2.90. The number of nitrogens with zero attached hydrogens (tertiary/aromatic N) is 1. The lowest BCUT2D eigenvalue weighted by atomic mass is 9.99. The maximum Gasteiger partial charge on any atom is 0.246 e. The first-order valence-corrected chi connectivity index (χ1v) is 15.2. The molecule has 4 aromatic rings. The van der Waals surface area contributed by atoms with Crippen LogP contribution in [0.15, 0.2) is 91.1 Å². The monoisotopic (exact) mass is 591 g/mol. The van der Waals surface area contributed by atoms with Crippen molar-refractivity contribution in [2.75, 3.05) is 6.54 Å². The molecule has 0 bridgehead atoms. The number of carbonyl (C=O) groups excluding carboxylic acids is 4. The van der Waals surface area contributed by atoms with Crippen molar-refractivity contribution in [2.24, 2.45) is 5.92 Å². The largest absolute Gasteiger partial charge is 0.361 e. The van der Waals surface area contributed by atoms with Gasteiger partial charge in [-0.15, -0.1) is 0 Å². The van der Waals surface area contributed by atoms with Crippen molar-refractivity contribution in [1.29, 1.82) is 0 Å². The summed E-state index contributed by atoms with van der Waals surface area (Å²) < 4.78 is 0. The van der Waals surface area contributed by atoms with Crippen molar-refractivity contribution in [1.82, 2.24) is 25.8 Å². The third kappa shape index (κ3) is 6.37. The molecule has 0 saturated carbocycles. The van der Waals surface area contributed by atoms with Gasteiger partial charge in [0.15, 0.2) is 0 Å². The quantitative estimate of drug-likeness (QED) is 0.275. The Balaban J connectivity index is 1.37. The fraction of sp³-hybridized carbons (Fsp3) is 0.314. The first-order chi connectivity index (χ1) is 21.4. The lowest BCUT2D eigenvalue weighted by molar-refractivity contribution is -0.143. The molecule has 0 aliphatic carbocycles. The van der Waals surface area contributed by atoms with Crippen LogP contribution in [-0.4, -0.2) is 64.2 Å². The van der Waals surface area contributed by atoms with E-state index in [0.29, 0.717) is 13.0 Å². The Morgan fingerprint density at radius 1 is 0.659 bits per heavy atom. The van der Waals surface area contributed by atoms with Crippen LogP contribution in [0, 0.1) is 5.92 Å². The van der Waals surface area contributed by atoms with Crippen LogP contribution >= 0.6 is 0 Å². The van der Waals surface area contributed by atoms with Crippen LogP contribution in [0.2, 0.25) is 0 Å². The molecule has 1 aromatic heterocycles. The van der Waals surface area contributed by atoms with Crippen LogP contribution in [0.3, 0.4) is 0 Å². The number of aromatic amines is 1. The number of aromatic nitrogens is 1. The van der Waals surface area contributed by atoms with E-state index >= 15 is 0 Å². The van der Waals surface area contributed by atoms with E-state index in [1.54, 1.807) is 4.90 Å². The molecule has 9 heteroatoms. The molecule has 2 saturated heterocycles. The fourth-order valence-electron chi connectivity index (χ4n) is 6.39. The maximum atomic E-state index is 14.2. The molecule has 226 valence electrons. The van der Waals surface area contributed by atoms with E-state index in [1.165, 1.54) is 0 Å². The molecule has 4 N–H and O–H groups in total. The summed E-state index contributed by atoms with van der Waals surface area (Å²) in [6, 6.07) is 23.1. The number of hydrogen-bond acceptors (Lipinski definition) is 4. The van der Waals surface area contributed by atoms with E-state index in [1.807, 2.05) is 98.0 Å². The van der Waals surface area contributed by atoms with Crippen molar-refractivity contribution >= 4 is 34.5 Å². The van der Waals surface area contributed by atoms with Crippen molar-refractivity contribution in [2.45, 2.75) is 56.8 Å². The highest BCUT2D eigenvalue weighted by Crippen LogP contribution is 2.26. The van der Waals surface area contributed by atoms with Gasteiger partial charge < -0.3 is 25.8 Å². The minimum atomic E-state index is -0.990. The second kappa shape index (κ2) is 12.8. The fourth-order valence-corrected chi connectivity index (χ4v) is 6.39. The molecule has 5 unspecified atom stereocenters. The lowest BCUT2D eigenvalue weighted by Gasteiger charge is -2.32. The van der Waals surface area contributed by atoms with Crippen molar-refractivity contribution in [3.8, 4) is 0 Å². The Bertz CT molecular complexity index is 1650. The zero-order valence-electron chi connectivity index (χ0n) is 24.7. The number of nitrogens with one attached hydrogen (secondary N) is 4. The zero-order valence-corrected chi connectivity index (χ0v) is 24.7. The predicted molar refractivity (Wildman–Crippen MR) is 167 cm³/mol. The number of amides is 4. The first-order valence-electron chi connectivity index (χ1n) is 15.2. The van der Waals surface area contributed by atoms with Gasteiger partial charge in [0.1, 0.15) is 24.2 Å². The first kappa shape index (κ1) is 29.2. The molecule has 2 aliphatic heterocycles. The van der Waals surface area contributed by atoms with Crippen molar-refractivity contribution < 1.29 is 19.2 Å². The lowest BCUT2D eigenvalue weighted by Crippen LogP contribution is -2.62. The summed E-state index contributed by atoms with van der Waals surface area (Å²) in [5, 5.41) is 9.82. The molecule has 6 rings (SSSR count). The van der Waals surface area contributed by atoms with Gasteiger partial charge in [0, 0.05) is 42.9 Å². The number of fused-ring (bicyclic) bond motifs is 2. The Labute approximate surface area is 256 Å². The Morgan fingerprint density at radius 3 is 1.89 bits per heavy atom. The molecule has 2 aliphatic rings. The molecule has 2 fully saturated rings. The number of carbonyl (C=O) groups is 4. The topological polar surface area (TPSA) is 123 Å². The molecule has 5 atom stereocenters. The third-order valence-electron chi connectivity index (χ3n) is 8.64. The van der Waals surface area contributed by atoms with Gasteiger partial charge in [-0.1, -0.05) is 85.8 Å². The van der Waals surface area contributed by atoms with Gasteiger partial charge in [-0.05, 0) is 35.1 Å². The van der Waals surface area contributed by atoms with E-state index in [0.717, 1.165) is 27.6 Å². The Hall–Kier alpha value is -4.92. The molecule has 0 spiro atoms. The molecule has 9 nitrogen and oxygen atoms in total. The summed E-state index contributed by atoms with van der Waals surface area (Å²) in [6.07, 6.45) is 3.02. The molecule has 4 amide bonds. The second-order valence-electron chi connectivity index (χ2n) is 12.0. The van der Waals surface area contributed by atoms with Crippen LogP contribution in [0.25, 0.3) is 10.9 Å². The van der Waals surface area contributed by atoms with E-state index in [4.69, 9.17) is 0 Å². The minimum Gasteiger partial charge on any atom is -0.361 e. The summed E-state index contributed by atoms with van der Waals surface area (Å²) >= 11 is 0. The van der Waals surface area contributed by atoms with Gasteiger partial charge in [0.25, 0.3) is 0 Å². The van der Waals surface area contributed by atoms with Gasteiger partial charge >= 0.3 is 0 Å². The van der Waals surface area contributed by atoms with Crippen molar-refractivity contribution in [3.63, 3.8) is 0 Å². The summed E-state index contributed by atoms with van der Waals surface area (Å²) in [7, 11) is 0. The number of hydrogen-bond donors (Lipinski definition) is 4. The third-order valence-corrected chi connectivity index (χ3v) is 8.64. The molecule has 0 radical (unpaired) electrons. The minimum absolute atomic E-state index is 0.0870. The molecule has 3 aromatic carbocycles. The summed E-state index contributed by atoms with van der Waals surface area (Å²) in [5.41, 5.74) is 3.53. The smallest absolute Gasteiger partial charge is 0.246 e. The number of H-pyrrole nitrogens is 1. The molecule has 44 heavy (non-hydrogen) atoms. The summed E-state index contributed by atoms with van der Waals surface area (Å²) in [6.45, 7) is 2.40. The van der Waals surface area contributed by atoms with Crippen LogP contribution in [-0.2, 0) is 38.4 Å². The molecule has 3 heterocycles. The van der Waals surface area contributed by atoms with Gasteiger partial charge in [0.05, 0.1) is 0 Å². The Kier molecular flexibility index (Phi) is 8.45. The highest BCUT2D eigenvalue weighted by molar-refractivity contribution is 5.98. The normalized spacial score (nSPS) is 24.6. The number of rotatable bonds is 6. The van der Waals surface area contributed by atoms with E-state index < -0.39 is 36.0 Å². The zero-order chi connectivity index (χ0) is 30.6. The van der Waals surface area contributed by atoms with E-state index in [2.05, 4.69) is 20.9 Å². The van der Waals surface area contributed by atoms with Gasteiger partial charge in [-0.3, -0.25) is 19.2 Å². The van der Waals surface area contributed by atoms with Crippen LogP contribution in [0.5, 0.6) is 0 Å². The molecular weight excluding hydrogens is 554 g/mol. The second-order valence-corrected chi connectivity index (χ2v) is 12.0. The van der Waals surface area contributed by atoms with Crippen LogP contribution in [0.4, 0.5) is 0 Å². The number of benzene rings is 3. The number of para-hydroxylation sites is 1. The highest BCUT2D eigenvalue weighted by atomic mass is 16.2. The van der Waals surface area contributed by atoms with Crippen LogP contribution < -0.4 is 16.0 Å². The van der Waals surface area contributed by atoms with Crippen LogP contribution in [0.1, 0.15) is 30.0 Å².